The van der Waals surface area contributed by atoms with E-state index in [1.165, 1.54) is 13.2 Å². The average Bonchev–Trinajstić information content (AvgIpc) is 3.35. The first kappa shape index (κ1) is 26.3. The van der Waals surface area contributed by atoms with Crippen molar-refractivity contribution in [2.24, 2.45) is 0 Å². The third-order valence-corrected chi connectivity index (χ3v) is 6.68. The van der Waals surface area contributed by atoms with Gasteiger partial charge in [-0.15, -0.1) is 0 Å². The van der Waals surface area contributed by atoms with Crippen molar-refractivity contribution in [2.75, 3.05) is 7.11 Å². The molecule has 3 aromatic rings. The first-order valence-corrected chi connectivity index (χ1v) is 12.9. The van der Waals surface area contributed by atoms with Gasteiger partial charge in [0.05, 0.1) is 19.9 Å². The number of furan rings is 1. The van der Waals surface area contributed by atoms with Crippen molar-refractivity contribution in [3.05, 3.63) is 78.0 Å². The van der Waals surface area contributed by atoms with Gasteiger partial charge in [-0.05, 0) is 60.5 Å². The molecule has 3 rings (SSSR count). The standard InChI is InChI=1S/C26H30FNO6S/c1-3-4-5-6-9-26(29)28(19-22-8-7-16-33-22)18-20-10-15-24(32-2)25(17-20)34-35(30,31)23-13-11-21(27)12-14-23/h7-8,10-17H,3-6,9,18-19H2,1-2H3. The second-order valence-electron chi connectivity index (χ2n) is 8.12. The maximum absolute atomic E-state index is 13.2. The van der Waals surface area contributed by atoms with Crippen molar-refractivity contribution in [2.45, 2.75) is 57.0 Å². The van der Waals surface area contributed by atoms with Crippen LogP contribution in [0.2, 0.25) is 0 Å². The molecule has 35 heavy (non-hydrogen) atoms. The Bertz CT molecular complexity index is 1190. The Hall–Kier alpha value is -3.33. The number of hydrogen-bond acceptors (Lipinski definition) is 6. The number of hydrogen-bond donors (Lipinski definition) is 0. The Labute approximate surface area is 205 Å². The summed E-state index contributed by atoms with van der Waals surface area (Å²) in [7, 11) is -2.83. The molecule has 0 bridgehead atoms. The van der Waals surface area contributed by atoms with Crippen LogP contribution in [0.25, 0.3) is 0 Å². The van der Waals surface area contributed by atoms with Crippen LogP contribution in [0.4, 0.5) is 4.39 Å². The summed E-state index contributed by atoms with van der Waals surface area (Å²) < 4.78 is 54.7. The summed E-state index contributed by atoms with van der Waals surface area (Å²) in [5.74, 6) is 0.260. The summed E-state index contributed by atoms with van der Waals surface area (Å²) in [6.45, 7) is 2.63. The summed E-state index contributed by atoms with van der Waals surface area (Å²) in [5, 5.41) is 0. The Morgan fingerprint density at radius 2 is 1.77 bits per heavy atom. The molecule has 0 saturated heterocycles. The van der Waals surface area contributed by atoms with Gasteiger partial charge in [-0.2, -0.15) is 8.42 Å². The molecule has 1 aromatic heterocycles. The molecule has 0 atom stereocenters. The molecular formula is C26H30FNO6S. The zero-order valence-electron chi connectivity index (χ0n) is 19.9. The van der Waals surface area contributed by atoms with E-state index in [9.17, 15) is 17.6 Å². The highest BCUT2D eigenvalue weighted by Crippen LogP contribution is 2.31. The highest BCUT2D eigenvalue weighted by Gasteiger charge is 2.21. The number of benzene rings is 2. The Kier molecular flexibility index (Phi) is 9.31. The van der Waals surface area contributed by atoms with Crippen molar-refractivity contribution in [1.29, 1.82) is 0 Å². The van der Waals surface area contributed by atoms with Gasteiger partial charge in [-0.3, -0.25) is 4.79 Å². The minimum atomic E-state index is -4.22. The van der Waals surface area contributed by atoms with Crippen LogP contribution in [0, 0.1) is 5.82 Å². The summed E-state index contributed by atoms with van der Waals surface area (Å²) in [5.41, 5.74) is 0.656. The van der Waals surface area contributed by atoms with Gasteiger partial charge in [0.25, 0.3) is 0 Å². The number of carbonyl (C=O) groups excluding carboxylic acids is 1. The lowest BCUT2D eigenvalue weighted by molar-refractivity contribution is -0.132. The predicted molar refractivity (Wildman–Crippen MR) is 129 cm³/mol. The number of ether oxygens (including phenoxy) is 1. The van der Waals surface area contributed by atoms with Gasteiger partial charge in [0.15, 0.2) is 11.5 Å². The van der Waals surface area contributed by atoms with E-state index in [2.05, 4.69) is 6.92 Å². The number of nitrogens with zero attached hydrogens (tertiary/aromatic N) is 1. The van der Waals surface area contributed by atoms with Gasteiger partial charge < -0.3 is 18.2 Å². The Morgan fingerprint density at radius 3 is 2.43 bits per heavy atom. The average molecular weight is 504 g/mol. The van der Waals surface area contributed by atoms with Crippen LogP contribution >= 0.6 is 0 Å². The van der Waals surface area contributed by atoms with Crippen LogP contribution in [0.15, 0.2) is 70.2 Å². The van der Waals surface area contributed by atoms with E-state index in [1.54, 1.807) is 35.4 Å². The largest absolute Gasteiger partial charge is 0.493 e. The van der Waals surface area contributed by atoms with Gasteiger partial charge >= 0.3 is 10.1 Å². The smallest absolute Gasteiger partial charge is 0.339 e. The van der Waals surface area contributed by atoms with E-state index < -0.39 is 15.9 Å². The van der Waals surface area contributed by atoms with Gasteiger partial charge in [0.2, 0.25) is 5.91 Å². The fourth-order valence-corrected chi connectivity index (χ4v) is 4.49. The summed E-state index contributed by atoms with van der Waals surface area (Å²) in [6.07, 6.45) is 5.91. The van der Waals surface area contributed by atoms with Crippen LogP contribution in [0.3, 0.4) is 0 Å². The maximum Gasteiger partial charge on any atom is 0.339 e. The Balaban J connectivity index is 1.81. The van der Waals surface area contributed by atoms with Crippen molar-refractivity contribution in [3.63, 3.8) is 0 Å². The fraction of sp³-hybridized carbons (Fsp3) is 0.346. The van der Waals surface area contributed by atoms with E-state index in [0.717, 1.165) is 49.9 Å². The van der Waals surface area contributed by atoms with E-state index in [4.69, 9.17) is 13.3 Å². The molecule has 0 fully saturated rings. The topological polar surface area (TPSA) is 86.0 Å². The normalized spacial score (nSPS) is 11.3. The first-order chi connectivity index (χ1) is 16.8. The molecule has 0 aliphatic heterocycles. The van der Waals surface area contributed by atoms with Crippen molar-refractivity contribution >= 4 is 16.0 Å². The number of unbranched alkanes of at least 4 members (excludes halogenated alkanes) is 3. The number of halogens is 1. The lowest BCUT2D eigenvalue weighted by Gasteiger charge is -2.22. The molecule has 1 amide bonds. The zero-order valence-corrected chi connectivity index (χ0v) is 20.7. The molecule has 188 valence electrons. The number of methoxy groups -OCH3 is 1. The summed E-state index contributed by atoms with van der Waals surface area (Å²) in [4.78, 5) is 14.5. The monoisotopic (exact) mass is 503 g/mol. The van der Waals surface area contributed by atoms with E-state index in [-0.39, 0.29) is 35.4 Å². The van der Waals surface area contributed by atoms with E-state index >= 15 is 0 Å². The second kappa shape index (κ2) is 12.4. The number of rotatable bonds is 13. The lowest BCUT2D eigenvalue weighted by Crippen LogP contribution is -2.29. The highest BCUT2D eigenvalue weighted by molar-refractivity contribution is 7.87. The molecule has 0 saturated carbocycles. The third kappa shape index (κ3) is 7.58. The zero-order chi connectivity index (χ0) is 25.3. The molecule has 0 aliphatic carbocycles. The minimum absolute atomic E-state index is 0.0188. The molecule has 0 aliphatic rings. The first-order valence-electron chi connectivity index (χ1n) is 11.5. The SMILES string of the molecule is CCCCCCC(=O)N(Cc1ccc(OC)c(OS(=O)(=O)c2ccc(F)cc2)c1)Cc1ccco1. The molecular weight excluding hydrogens is 473 g/mol. The summed E-state index contributed by atoms with van der Waals surface area (Å²) in [6, 6.07) is 12.8. The maximum atomic E-state index is 13.2. The Morgan fingerprint density at radius 1 is 1.00 bits per heavy atom. The summed E-state index contributed by atoms with van der Waals surface area (Å²) >= 11 is 0. The van der Waals surface area contributed by atoms with Crippen LogP contribution in [0.5, 0.6) is 11.5 Å². The highest BCUT2D eigenvalue weighted by atomic mass is 32.2. The van der Waals surface area contributed by atoms with Crippen molar-refractivity contribution < 1.29 is 30.9 Å². The lowest BCUT2D eigenvalue weighted by atomic mass is 10.1. The van der Waals surface area contributed by atoms with E-state index in [1.807, 2.05) is 0 Å². The van der Waals surface area contributed by atoms with Crippen LogP contribution in [-0.4, -0.2) is 26.3 Å². The third-order valence-electron chi connectivity index (χ3n) is 5.43. The van der Waals surface area contributed by atoms with Crippen molar-refractivity contribution in [3.8, 4) is 11.5 Å². The molecule has 9 heteroatoms. The van der Waals surface area contributed by atoms with Gasteiger partial charge in [0, 0.05) is 13.0 Å². The molecule has 0 N–H and O–H groups in total. The molecule has 0 spiro atoms. The quantitative estimate of drug-likeness (QED) is 0.220. The van der Waals surface area contributed by atoms with Crippen LogP contribution in [-0.2, 0) is 28.0 Å². The second-order valence-corrected chi connectivity index (χ2v) is 9.66. The van der Waals surface area contributed by atoms with Crippen molar-refractivity contribution in [1.82, 2.24) is 4.90 Å². The molecule has 0 unspecified atom stereocenters. The molecule has 1 heterocycles. The van der Waals surface area contributed by atoms with Gasteiger partial charge in [0.1, 0.15) is 16.5 Å². The predicted octanol–water partition coefficient (Wildman–Crippen LogP) is 5.69. The van der Waals surface area contributed by atoms with Gasteiger partial charge in [-0.25, -0.2) is 4.39 Å². The van der Waals surface area contributed by atoms with Crippen LogP contribution < -0.4 is 8.92 Å². The van der Waals surface area contributed by atoms with Gasteiger partial charge in [-0.1, -0.05) is 32.3 Å². The van der Waals surface area contributed by atoms with Crippen LogP contribution in [0.1, 0.15) is 50.4 Å². The molecule has 2 aromatic carbocycles. The molecule has 7 nitrogen and oxygen atoms in total. The molecule has 0 radical (unpaired) electrons. The number of amides is 1. The fourth-order valence-electron chi connectivity index (χ4n) is 3.56. The minimum Gasteiger partial charge on any atom is -0.493 e. The number of carbonyl (C=O) groups is 1. The van der Waals surface area contributed by atoms with E-state index in [0.29, 0.717) is 17.7 Å².